The van der Waals surface area contributed by atoms with Crippen LogP contribution in [0.2, 0.25) is 0 Å². The van der Waals surface area contributed by atoms with Gasteiger partial charge in [-0.3, -0.25) is 14.1 Å². The Hall–Kier alpha value is -3.77. The first-order valence-electron chi connectivity index (χ1n) is 14.4. The predicted octanol–water partition coefficient (Wildman–Crippen LogP) is 2.32. The van der Waals surface area contributed by atoms with Crippen LogP contribution in [0.1, 0.15) is 29.2 Å². The van der Waals surface area contributed by atoms with Crippen molar-refractivity contribution < 1.29 is 36.8 Å². The number of carboxylic acids is 1. The Morgan fingerprint density at radius 3 is 2.43 bits per heavy atom. The molecule has 17 heteroatoms. The lowest BCUT2D eigenvalue weighted by Crippen LogP contribution is -2.67. The molecule has 1 aliphatic carbocycles. The van der Waals surface area contributed by atoms with E-state index in [-0.39, 0.29) is 30.3 Å². The number of thioether (sulfide) groups is 1. The van der Waals surface area contributed by atoms with E-state index in [1.165, 1.54) is 6.20 Å². The average Bonchev–Trinajstić information content (AvgIpc) is 3.86. The maximum atomic E-state index is 15.4. The topological polar surface area (TPSA) is 162 Å². The number of carboxylic acid groups (broad SMARTS) is 1. The van der Waals surface area contributed by atoms with E-state index in [9.17, 15) is 32.5 Å². The number of fused-ring (bicyclic) bond motifs is 1. The highest BCUT2D eigenvalue weighted by Crippen LogP contribution is 2.38. The smallest absolute Gasteiger partial charge is 0.341 e. The molecule has 6 rings (SSSR count). The molecule has 13 nitrogen and oxygen atoms in total. The van der Waals surface area contributed by atoms with E-state index in [1.807, 2.05) is 15.9 Å². The molecule has 46 heavy (non-hydrogen) atoms. The van der Waals surface area contributed by atoms with Crippen molar-refractivity contribution in [1.82, 2.24) is 19.1 Å². The molecule has 2 aromatic carbocycles. The van der Waals surface area contributed by atoms with Crippen molar-refractivity contribution in [3.8, 4) is 5.75 Å². The molecule has 1 amide bonds. The number of carbonyl (C=O) groups is 2. The molecule has 2 saturated heterocycles. The zero-order chi connectivity index (χ0) is 32.7. The highest BCUT2D eigenvalue weighted by atomic mass is 32.2. The number of hydrogen-bond donors (Lipinski definition) is 3. The normalized spacial score (nSPS) is 20.3. The molecule has 0 radical (unpaired) electrons. The van der Waals surface area contributed by atoms with E-state index in [0.29, 0.717) is 41.8 Å². The third kappa shape index (κ3) is 6.69. The fourth-order valence-corrected chi connectivity index (χ4v) is 8.32. The van der Waals surface area contributed by atoms with Crippen molar-refractivity contribution in [2.45, 2.75) is 30.3 Å². The summed E-state index contributed by atoms with van der Waals surface area (Å²) in [6, 6.07) is 10.8. The Labute approximate surface area is 272 Å². The first-order valence-corrected chi connectivity index (χ1v) is 17.1. The van der Waals surface area contributed by atoms with Crippen molar-refractivity contribution in [3.63, 3.8) is 0 Å². The zero-order valence-electron chi connectivity index (χ0n) is 24.2. The molecule has 244 valence electrons. The largest absolute Gasteiger partial charge is 0.484 e. The van der Waals surface area contributed by atoms with Gasteiger partial charge in [0.25, 0.3) is 5.91 Å². The van der Waals surface area contributed by atoms with Crippen molar-refractivity contribution in [2.75, 3.05) is 44.2 Å². The average molecular weight is 692 g/mol. The fraction of sp³-hybridized carbons (Fsp3) is 0.379. The summed E-state index contributed by atoms with van der Waals surface area (Å²) in [5.74, 6) is -1.96. The number of anilines is 1. The van der Waals surface area contributed by atoms with Gasteiger partial charge in [-0.05, 0) is 37.1 Å². The summed E-state index contributed by atoms with van der Waals surface area (Å²) in [5.41, 5.74) is -0.377. The number of benzene rings is 2. The summed E-state index contributed by atoms with van der Waals surface area (Å²) >= 11 is 6.64. The molecular formula is C29H30FN5O8S3. The predicted molar refractivity (Wildman–Crippen MR) is 173 cm³/mol. The molecule has 3 aliphatic rings. The molecular weight excluding hydrogens is 662 g/mol. The van der Waals surface area contributed by atoms with Gasteiger partial charge < -0.3 is 29.5 Å². The number of carbonyl (C=O) groups excluding carboxylic acids is 1. The summed E-state index contributed by atoms with van der Waals surface area (Å²) in [5, 5.41) is 11.4. The minimum Gasteiger partial charge on any atom is -0.484 e. The first kappa shape index (κ1) is 32.2. The fourth-order valence-electron chi connectivity index (χ4n) is 5.56. The number of aromatic nitrogens is 1. The minimum absolute atomic E-state index is 0.0152. The number of halogens is 1. The zero-order valence-corrected chi connectivity index (χ0v) is 26.7. The van der Waals surface area contributed by atoms with Gasteiger partial charge in [-0.1, -0.05) is 42.2 Å². The second kappa shape index (κ2) is 12.8. The van der Waals surface area contributed by atoms with Gasteiger partial charge in [0.15, 0.2) is 6.61 Å². The van der Waals surface area contributed by atoms with E-state index in [0.717, 1.165) is 35.0 Å². The van der Waals surface area contributed by atoms with Crippen LogP contribution in [0.15, 0.2) is 53.5 Å². The van der Waals surface area contributed by atoms with E-state index >= 15 is 4.39 Å². The monoisotopic (exact) mass is 691 g/mol. The van der Waals surface area contributed by atoms with Gasteiger partial charge in [0, 0.05) is 50.3 Å². The number of thiocarbonyl (C=S) groups is 1. The van der Waals surface area contributed by atoms with E-state index < -0.39 is 50.4 Å². The second-order valence-corrected chi connectivity index (χ2v) is 14.3. The van der Waals surface area contributed by atoms with E-state index in [2.05, 4.69) is 5.32 Å². The number of piperazine rings is 1. The van der Waals surface area contributed by atoms with Crippen LogP contribution in [-0.2, 0) is 15.1 Å². The second-order valence-electron chi connectivity index (χ2n) is 11.2. The maximum Gasteiger partial charge on any atom is 0.341 e. The molecule has 1 aromatic heterocycles. The summed E-state index contributed by atoms with van der Waals surface area (Å²) in [6.45, 7) is 1.04. The van der Waals surface area contributed by atoms with Crippen LogP contribution in [0.25, 0.3) is 10.9 Å². The molecule has 1 saturated carbocycles. The molecule has 3 aromatic rings. The molecule has 3 fully saturated rings. The number of para-hydroxylation sites is 1. The van der Waals surface area contributed by atoms with Gasteiger partial charge in [-0.25, -0.2) is 9.18 Å². The number of pyridine rings is 1. The SMILES string of the molecule is O=C(COc1ccccc1)NC1CN(S(=O)(=O)O)[C@H]1SC(=S)N1CCN(c2cc3c(cc2F)c(=O)c(C(=O)O)cn3C2CC2)CC1. The van der Waals surface area contributed by atoms with Gasteiger partial charge in [-0.15, -0.1) is 0 Å². The van der Waals surface area contributed by atoms with Gasteiger partial charge in [0.1, 0.15) is 26.8 Å². The third-order valence-corrected chi connectivity index (χ3v) is 11.1. The number of ether oxygens (including phenoxy) is 1. The molecule has 3 N–H and O–H groups in total. The van der Waals surface area contributed by atoms with Crippen LogP contribution in [0.3, 0.4) is 0 Å². The van der Waals surface area contributed by atoms with Crippen molar-refractivity contribution >= 4 is 67.1 Å². The standard InChI is InChI=1S/C29H30FN5O8S3/c30-21-12-19-23(34(17-6-7-17)14-20(26(19)37)28(38)39)13-24(21)32-8-10-33(11-9-32)29(44)45-27-22(15-35(27)46(40,41)42)31-25(36)16-43-18-4-2-1-3-5-18/h1-5,12-14,17,22,27H,6-11,15-16H2,(H,31,36)(H,38,39)(H,40,41,42)/t22?,27-/m0/s1. The Balaban J connectivity index is 1.11. The first-order chi connectivity index (χ1) is 21.9. The highest BCUT2D eigenvalue weighted by molar-refractivity contribution is 8.23. The summed E-state index contributed by atoms with van der Waals surface area (Å²) in [6.07, 6.45) is 3.00. The van der Waals surface area contributed by atoms with Crippen LogP contribution in [0.4, 0.5) is 10.1 Å². The third-order valence-electron chi connectivity index (χ3n) is 8.13. The van der Waals surface area contributed by atoms with Crippen LogP contribution >= 0.6 is 24.0 Å². The van der Waals surface area contributed by atoms with Crippen LogP contribution in [0, 0.1) is 5.82 Å². The summed E-state index contributed by atoms with van der Waals surface area (Å²) in [4.78, 5) is 40.6. The number of aromatic carboxylic acids is 1. The lowest BCUT2D eigenvalue weighted by Gasteiger charge is -2.46. The quantitative estimate of drug-likeness (QED) is 0.222. The molecule has 0 bridgehead atoms. The Morgan fingerprint density at radius 2 is 1.80 bits per heavy atom. The minimum atomic E-state index is -4.55. The van der Waals surface area contributed by atoms with Crippen LogP contribution in [0.5, 0.6) is 5.75 Å². The number of nitrogens with zero attached hydrogens (tertiary/aromatic N) is 4. The van der Waals surface area contributed by atoms with E-state index in [1.54, 1.807) is 34.9 Å². The molecule has 2 atom stereocenters. The number of nitrogens with one attached hydrogen (secondary N) is 1. The molecule has 2 aliphatic heterocycles. The molecule has 0 spiro atoms. The molecule has 3 heterocycles. The van der Waals surface area contributed by atoms with Gasteiger partial charge >= 0.3 is 16.3 Å². The van der Waals surface area contributed by atoms with Crippen LogP contribution in [-0.4, -0.2) is 98.8 Å². The van der Waals surface area contributed by atoms with Crippen molar-refractivity contribution in [3.05, 3.63) is 70.3 Å². The van der Waals surface area contributed by atoms with E-state index in [4.69, 9.17) is 17.0 Å². The Morgan fingerprint density at radius 1 is 1.11 bits per heavy atom. The Bertz CT molecular complexity index is 1860. The van der Waals surface area contributed by atoms with Gasteiger partial charge in [0.05, 0.1) is 17.2 Å². The van der Waals surface area contributed by atoms with Crippen LogP contribution < -0.4 is 20.4 Å². The highest BCUT2D eigenvalue weighted by Gasteiger charge is 2.48. The maximum absolute atomic E-state index is 15.4. The molecule has 1 unspecified atom stereocenters. The van der Waals surface area contributed by atoms with Crippen molar-refractivity contribution in [1.29, 1.82) is 0 Å². The van der Waals surface area contributed by atoms with Crippen molar-refractivity contribution in [2.24, 2.45) is 0 Å². The summed E-state index contributed by atoms with van der Waals surface area (Å²) < 4.78 is 57.4. The number of hydrogen-bond acceptors (Lipinski definition) is 9. The number of amides is 1. The number of rotatable bonds is 9. The lowest BCUT2D eigenvalue weighted by molar-refractivity contribution is -0.124. The summed E-state index contributed by atoms with van der Waals surface area (Å²) in [7, 11) is -4.55. The van der Waals surface area contributed by atoms with Gasteiger partial charge in [-0.2, -0.15) is 12.7 Å². The Kier molecular flexibility index (Phi) is 8.95. The van der Waals surface area contributed by atoms with Gasteiger partial charge in [0.2, 0.25) is 5.43 Å². The lowest BCUT2D eigenvalue weighted by atomic mass is 10.1.